The van der Waals surface area contributed by atoms with Crippen molar-refractivity contribution in [2.24, 2.45) is 0 Å². The molecule has 2 aliphatic rings. The van der Waals surface area contributed by atoms with Gasteiger partial charge in [0.25, 0.3) is 0 Å². The molecular weight excluding hydrogens is 288 g/mol. The first-order valence-electron chi connectivity index (χ1n) is 7.56. The number of fused-ring (bicyclic) bond motifs is 1. The van der Waals surface area contributed by atoms with E-state index in [0.29, 0.717) is 11.9 Å². The van der Waals surface area contributed by atoms with E-state index in [-0.39, 0.29) is 10.9 Å². The maximum atomic E-state index is 12.5. The van der Waals surface area contributed by atoms with Crippen LogP contribution in [0.5, 0.6) is 0 Å². The zero-order valence-corrected chi connectivity index (χ0v) is 13.1. The number of hydrogen-bond donors (Lipinski definition) is 2. The molecule has 2 saturated heterocycles. The Bertz CT molecular complexity index is 587. The molecule has 116 valence electrons. The van der Waals surface area contributed by atoms with Crippen LogP contribution < -0.4 is 10.0 Å². The Morgan fingerprint density at radius 3 is 2.90 bits per heavy atom. The number of pyridine rings is 1. The van der Waals surface area contributed by atoms with Gasteiger partial charge in [0.15, 0.2) is 0 Å². The van der Waals surface area contributed by atoms with Crippen molar-refractivity contribution in [3.63, 3.8) is 0 Å². The molecule has 0 saturated carbocycles. The minimum atomic E-state index is -3.48. The second kappa shape index (κ2) is 5.90. The molecule has 0 amide bonds. The molecule has 21 heavy (non-hydrogen) atoms. The van der Waals surface area contributed by atoms with E-state index in [4.69, 9.17) is 0 Å². The molecule has 7 heteroatoms. The largest absolute Gasteiger partial charge is 0.370 e. The van der Waals surface area contributed by atoms with Crippen LogP contribution in [0.3, 0.4) is 0 Å². The number of aromatic nitrogens is 1. The Kier molecular flexibility index (Phi) is 4.14. The highest BCUT2D eigenvalue weighted by Gasteiger charge is 2.39. The third-order valence-corrected chi connectivity index (χ3v) is 5.79. The molecule has 2 fully saturated rings. The molecule has 0 bridgehead atoms. The van der Waals surface area contributed by atoms with Gasteiger partial charge in [-0.2, -0.15) is 0 Å². The van der Waals surface area contributed by atoms with Gasteiger partial charge in [0.2, 0.25) is 10.0 Å². The lowest BCUT2D eigenvalue weighted by Crippen LogP contribution is -2.42. The molecule has 0 aliphatic carbocycles. The Morgan fingerprint density at radius 2 is 2.19 bits per heavy atom. The van der Waals surface area contributed by atoms with Crippen LogP contribution in [-0.2, 0) is 10.0 Å². The van der Waals surface area contributed by atoms with Crippen molar-refractivity contribution in [2.45, 2.75) is 43.2 Å². The fourth-order valence-corrected chi connectivity index (χ4v) is 4.56. The van der Waals surface area contributed by atoms with Crippen LogP contribution in [0.15, 0.2) is 23.2 Å². The predicted octanol–water partition coefficient (Wildman–Crippen LogP) is 1.03. The Labute approximate surface area is 126 Å². The van der Waals surface area contributed by atoms with Crippen LogP contribution >= 0.6 is 0 Å². The first-order valence-corrected chi connectivity index (χ1v) is 9.05. The second-order valence-corrected chi connectivity index (χ2v) is 7.39. The summed E-state index contributed by atoms with van der Waals surface area (Å²) in [7, 11) is -3.48. The van der Waals surface area contributed by atoms with E-state index in [1.54, 1.807) is 12.1 Å². The number of nitrogens with zero attached hydrogens (tertiary/aromatic N) is 2. The van der Waals surface area contributed by atoms with Crippen LogP contribution in [0.4, 0.5) is 5.82 Å². The highest BCUT2D eigenvalue weighted by Crippen LogP contribution is 2.28. The van der Waals surface area contributed by atoms with Gasteiger partial charge in [-0.05, 0) is 44.9 Å². The van der Waals surface area contributed by atoms with E-state index in [0.717, 1.165) is 32.5 Å². The lowest BCUT2D eigenvalue weighted by molar-refractivity contribution is 0.309. The zero-order chi connectivity index (χ0) is 14.9. The van der Waals surface area contributed by atoms with Gasteiger partial charge in [0.05, 0.1) is 0 Å². The average Bonchev–Trinajstić information content (AvgIpc) is 3.05. The molecule has 3 rings (SSSR count). The van der Waals surface area contributed by atoms with Crippen LogP contribution in [-0.4, -0.2) is 50.0 Å². The summed E-state index contributed by atoms with van der Waals surface area (Å²) >= 11 is 0. The summed E-state index contributed by atoms with van der Waals surface area (Å²) in [6, 6.07) is 3.71. The Balaban J connectivity index is 1.71. The van der Waals surface area contributed by atoms with Gasteiger partial charge >= 0.3 is 0 Å². The molecule has 2 aliphatic heterocycles. The number of sulfonamides is 1. The molecule has 3 heterocycles. The van der Waals surface area contributed by atoms with Gasteiger partial charge < -0.3 is 5.32 Å². The summed E-state index contributed by atoms with van der Waals surface area (Å²) in [6.45, 7) is 4.83. The maximum absolute atomic E-state index is 12.5. The minimum Gasteiger partial charge on any atom is -0.370 e. The fraction of sp³-hybridized carbons (Fsp3) is 0.643. The molecule has 0 aromatic carbocycles. The zero-order valence-electron chi connectivity index (χ0n) is 12.2. The minimum absolute atomic E-state index is 0.0333. The lowest BCUT2D eigenvalue weighted by atomic mass is 10.1. The fourth-order valence-electron chi connectivity index (χ4n) is 3.31. The number of anilines is 1. The van der Waals surface area contributed by atoms with Gasteiger partial charge in [0.1, 0.15) is 10.7 Å². The maximum Gasteiger partial charge on any atom is 0.242 e. The van der Waals surface area contributed by atoms with Crippen molar-refractivity contribution in [3.8, 4) is 0 Å². The molecule has 1 aromatic heterocycles. The summed E-state index contributed by atoms with van der Waals surface area (Å²) < 4.78 is 27.8. The van der Waals surface area contributed by atoms with Gasteiger partial charge in [0, 0.05) is 31.4 Å². The SMILES string of the molecule is CCNc1ccc(S(=O)(=O)NC2CCN3CCCC23)cn1. The normalized spacial score (nSPS) is 26.0. The van der Waals surface area contributed by atoms with E-state index < -0.39 is 10.0 Å². The molecule has 0 spiro atoms. The monoisotopic (exact) mass is 310 g/mol. The van der Waals surface area contributed by atoms with Crippen LogP contribution in [0.2, 0.25) is 0 Å². The summed E-state index contributed by atoms with van der Waals surface area (Å²) in [5.74, 6) is 0.694. The summed E-state index contributed by atoms with van der Waals surface area (Å²) in [4.78, 5) is 6.76. The smallest absolute Gasteiger partial charge is 0.242 e. The lowest BCUT2D eigenvalue weighted by Gasteiger charge is -2.21. The van der Waals surface area contributed by atoms with Crippen molar-refractivity contribution in [1.82, 2.24) is 14.6 Å². The average molecular weight is 310 g/mol. The molecule has 0 radical (unpaired) electrons. The summed E-state index contributed by atoms with van der Waals surface area (Å²) in [6.07, 6.45) is 4.57. The number of rotatable bonds is 5. The summed E-state index contributed by atoms with van der Waals surface area (Å²) in [5.41, 5.74) is 0. The number of hydrogen-bond acceptors (Lipinski definition) is 5. The first-order chi connectivity index (χ1) is 10.1. The third-order valence-electron chi connectivity index (χ3n) is 4.32. The van der Waals surface area contributed by atoms with Gasteiger partial charge in [-0.1, -0.05) is 0 Å². The van der Waals surface area contributed by atoms with Gasteiger partial charge in [-0.3, -0.25) is 4.90 Å². The number of nitrogens with one attached hydrogen (secondary N) is 2. The highest BCUT2D eigenvalue weighted by molar-refractivity contribution is 7.89. The van der Waals surface area contributed by atoms with E-state index in [2.05, 4.69) is 19.9 Å². The Morgan fingerprint density at radius 1 is 1.33 bits per heavy atom. The molecular formula is C14H22N4O2S. The molecule has 2 atom stereocenters. The summed E-state index contributed by atoms with van der Waals surface area (Å²) in [5, 5.41) is 3.06. The highest BCUT2D eigenvalue weighted by atomic mass is 32.2. The second-order valence-electron chi connectivity index (χ2n) is 5.67. The van der Waals surface area contributed by atoms with E-state index in [1.807, 2.05) is 6.92 Å². The predicted molar refractivity (Wildman–Crippen MR) is 81.7 cm³/mol. The van der Waals surface area contributed by atoms with Crippen LogP contribution in [0, 0.1) is 0 Å². The van der Waals surface area contributed by atoms with Gasteiger partial charge in [-0.25, -0.2) is 18.1 Å². The van der Waals surface area contributed by atoms with Crippen molar-refractivity contribution in [3.05, 3.63) is 18.3 Å². The third kappa shape index (κ3) is 3.04. The topological polar surface area (TPSA) is 74.3 Å². The van der Waals surface area contributed by atoms with E-state index in [9.17, 15) is 8.42 Å². The van der Waals surface area contributed by atoms with Crippen LogP contribution in [0.1, 0.15) is 26.2 Å². The van der Waals surface area contributed by atoms with Crippen LogP contribution in [0.25, 0.3) is 0 Å². The molecule has 6 nitrogen and oxygen atoms in total. The van der Waals surface area contributed by atoms with Crippen molar-refractivity contribution >= 4 is 15.8 Å². The standard InChI is InChI=1S/C14H22N4O2S/c1-2-15-14-6-5-11(10-16-14)21(19,20)17-12-7-9-18-8-3-4-13(12)18/h5-6,10,12-13,17H,2-4,7-9H2,1H3,(H,15,16). The van der Waals surface area contributed by atoms with Crippen molar-refractivity contribution in [1.29, 1.82) is 0 Å². The molecule has 2 N–H and O–H groups in total. The van der Waals surface area contributed by atoms with E-state index >= 15 is 0 Å². The van der Waals surface area contributed by atoms with Crippen molar-refractivity contribution in [2.75, 3.05) is 25.0 Å². The Hall–Kier alpha value is -1.18. The quantitative estimate of drug-likeness (QED) is 0.849. The van der Waals surface area contributed by atoms with Crippen molar-refractivity contribution < 1.29 is 8.42 Å². The van der Waals surface area contributed by atoms with Gasteiger partial charge in [-0.15, -0.1) is 0 Å². The molecule has 1 aromatic rings. The first kappa shape index (κ1) is 14.7. The molecule has 2 unspecified atom stereocenters. The van der Waals surface area contributed by atoms with E-state index in [1.165, 1.54) is 12.6 Å².